The Bertz CT molecular complexity index is 452. The summed E-state index contributed by atoms with van der Waals surface area (Å²) in [6.07, 6.45) is 6.58. The van der Waals surface area contributed by atoms with Gasteiger partial charge >= 0.3 is 0 Å². The Morgan fingerprint density at radius 2 is 2.00 bits per heavy atom. The quantitative estimate of drug-likeness (QED) is 0.905. The highest BCUT2D eigenvalue weighted by atomic mass is 16.5. The van der Waals surface area contributed by atoms with Crippen molar-refractivity contribution in [3.63, 3.8) is 0 Å². The molecule has 1 aliphatic heterocycles. The molecule has 19 heavy (non-hydrogen) atoms. The summed E-state index contributed by atoms with van der Waals surface area (Å²) in [6.45, 7) is 0.686. The van der Waals surface area contributed by atoms with E-state index in [0.29, 0.717) is 18.9 Å². The molecular weight excluding hydrogens is 238 g/mol. The van der Waals surface area contributed by atoms with E-state index in [1.165, 1.54) is 25.7 Å². The number of hydrogen-bond acceptors (Lipinski definition) is 2. The van der Waals surface area contributed by atoms with E-state index in [-0.39, 0.29) is 11.9 Å². The van der Waals surface area contributed by atoms with Crippen molar-refractivity contribution in [1.82, 2.24) is 5.32 Å². The molecule has 2 aliphatic rings. The van der Waals surface area contributed by atoms with Crippen molar-refractivity contribution in [1.29, 1.82) is 0 Å². The molecule has 102 valence electrons. The number of carbonyl (C=O) groups excluding carboxylic acids is 1. The van der Waals surface area contributed by atoms with Gasteiger partial charge in [-0.1, -0.05) is 31.0 Å². The smallest absolute Gasteiger partial charge is 0.220 e. The fraction of sp³-hybridized carbons (Fsp3) is 0.562. The first-order chi connectivity index (χ1) is 9.33. The summed E-state index contributed by atoms with van der Waals surface area (Å²) in [7, 11) is 0. The van der Waals surface area contributed by atoms with Gasteiger partial charge in [-0.15, -0.1) is 0 Å². The number of nitrogens with one attached hydrogen (secondary N) is 1. The van der Waals surface area contributed by atoms with Crippen molar-refractivity contribution in [2.75, 3.05) is 6.61 Å². The molecule has 1 aromatic carbocycles. The molecule has 0 saturated heterocycles. The zero-order valence-corrected chi connectivity index (χ0v) is 11.2. The number of benzene rings is 1. The summed E-state index contributed by atoms with van der Waals surface area (Å²) in [6, 6.07) is 8.13. The lowest BCUT2D eigenvalue weighted by Gasteiger charge is -2.27. The second kappa shape index (κ2) is 5.64. The first-order valence-electron chi connectivity index (χ1n) is 7.34. The van der Waals surface area contributed by atoms with E-state index in [2.05, 4.69) is 11.4 Å². The highest BCUT2D eigenvalue weighted by molar-refractivity contribution is 5.77. The van der Waals surface area contributed by atoms with Gasteiger partial charge in [-0.25, -0.2) is 0 Å². The van der Waals surface area contributed by atoms with Gasteiger partial charge in [-0.3, -0.25) is 4.79 Å². The van der Waals surface area contributed by atoms with Crippen LogP contribution in [-0.2, 0) is 4.79 Å². The Morgan fingerprint density at radius 1 is 1.21 bits per heavy atom. The van der Waals surface area contributed by atoms with Crippen LogP contribution < -0.4 is 10.1 Å². The standard InChI is InChI=1S/C16H21NO2/c18-16(11-12-5-1-2-6-12)17-14-9-10-19-15-8-4-3-7-13(14)15/h3-4,7-8,12,14H,1-2,5-6,9-11H2,(H,17,18)/t14-/m1/s1. The van der Waals surface area contributed by atoms with Gasteiger partial charge in [-0.05, 0) is 24.8 Å². The lowest BCUT2D eigenvalue weighted by atomic mass is 9.99. The monoisotopic (exact) mass is 259 g/mol. The van der Waals surface area contributed by atoms with Gasteiger partial charge in [0.1, 0.15) is 5.75 Å². The summed E-state index contributed by atoms with van der Waals surface area (Å²) >= 11 is 0. The van der Waals surface area contributed by atoms with Crippen LogP contribution in [0.4, 0.5) is 0 Å². The summed E-state index contributed by atoms with van der Waals surface area (Å²) in [5.41, 5.74) is 1.12. The number of carbonyl (C=O) groups is 1. The van der Waals surface area contributed by atoms with Crippen LogP contribution in [0.5, 0.6) is 5.75 Å². The van der Waals surface area contributed by atoms with Crippen LogP contribution in [0, 0.1) is 5.92 Å². The predicted molar refractivity (Wildman–Crippen MR) is 74.0 cm³/mol. The topological polar surface area (TPSA) is 38.3 Å². The molecule has 0 bridgehead atoms. The van der Waals surface area contributed by atoms with E-state index in [1.807, 2.05) is 18.2 Å². The van der Waals surface area contributed by atoms with Crippen molar-refractivity contribution in [3.8, 4) is 5.75 Å². The molecule has 1 N–H and O–H groups in total. The minimum atomic E-state index is 0.124. The number of hydrogen-bond donors (Lipinski definition) is 1. The Kier molecular flexibility index (Phi) is 3.72. The Morgan fingerprint density at radius 3 is 2.84 bits per heavy atom. The van der Waals surface area contributed by atoms with Gasteiger partial charge in [0.2, 0.25) is 5.91 Å². The van der Waals surface area contributed by atoms with Crippen molar-refractivity contribution in [2.24, 2.45) is 5.92 Å². The molecular formula is C16H21NO2. The zero-order chi connectivity index (χ0) is 13.1. The fourth-order valence-corrected chi connectivity index (χ4v) is 3.22. The molecule has 3 rings (SSSR count). The summed E-state index contributed by atoms with van der Waals surface area (Å²) < 4.78 is 5.62. The maximum Gasteiger partial charge on any atom is 0.220 e. The largest absolute Gasteiger partial charge is 0.493 e. The molecule has 1 fully saturated rings. The average Bonchev–Trinajstić information content (AvgIpc) is 2.92. The number of rotatable bonds is 3. The van der Waals surface area contributed by atoms with Crippen LogP contribution in [0.2, 0.25) is 0 Å². The van der Waals surface area contributed by atoms with Gasteiger partial charge in [0.05, 0.1) is 12.6 Å². The van der Waals surface area contributed by atoms with Crippen LogP contribution in [0.15, 0.2) is 24.3 Å². The number of amides is 1. The summed E-state index contributed by atoms with van der Waals surface area (Å²) in [4.78, 5) is 12.1. The van der Waals surface area contributed by atoms with Crippen molar-refractivity contribution in [2.45, 2.75) is 44.6 Å². The fourth-order valence-electron chi connectivity index (χ4n) is 3.22. The van der Waals surface area contributed by atoms with Crippen molar-refractivity contribution in [3.05, 3.63) is 29.8 Å². The second-order valence-corrected chi connectivity index (χ2v) is 5.65. The van der Waals surface area contributed by atoms with E-state index >= 15 is 0 Å². The van der Waals surface area contributed by atoms with E-state index in [9.17, 15) is 4.79 Å². The SMILES string of the molecule is O=C(CC1CCCC1)N[C@@H]1CCOc2ccccc21. The molecule has 1 aromatic rings. The van der Waals surface area contributed by atoms with E-state index in [1.54, 1.807) is 0 Å². The molecule has 1 saturated carbocycles. The lowest BCUT2D eigenvalue weighted by Crippen LogP contribution is -2.32. The Labute approximate surface area is 114 Å². The zero-order valence-electron chi connectivity index (χ0n) is 11.2. The van der Waals surface area contributed by atoms with Gasteiger partial charge in [0.25, 0.3) is 0 Å². The van der Waals surface area contributed by atoms with Gasteiger partial charge in [0, 0.05) is 18.4 Å². The number of para-hydroxylation sites is 1. The summed E-state index contributed by atoms with van der Waals surface area (Å²) in [5, 5.41) is 3.18. The first-order valence-corrected chi connectivity index (χ1v) is 7.34. The minimum absolute atomic E-state index is 0.124. The maximum atomic E-state index is 12.1. The van der Waals surface area contributed by atoms with E-state index in [0.717, 1.165) is 17.7 Å². The van der Waals surface area contributed by atoms with Crippen molar-refractivity contribution < 1.29 is 9.53 Å². The van der Waals surface area contributed by atoms with Crippen LogP contribution in [0.3, 0.4) is 0 Å². The molecule has 1 aliphatic carbocycles. The first kappa shape index (κ1) is 12.5. The van der Waals surface area contributed by atoms with Crippen LogP contribution >= 0.6 is 0 Å². The van der Waals surface area contributed by atoms with Crippen LogP contribution in [-0.4, -0.2) is 12.5 Å². The normalized spacial score (nSPS) is 22.6. The third-order valence-electron chi connectivity index (χ3n) is 4.24. The molecule has 1 atom stereocenters. The minimum Gasteiger partial charge on any atom is -0.493 e. The van der Waals surface area contributed by atoms with Crippen LogP contribution in [0.25, 0.3) is 0 Å². The third-order valence-corrected chi connectivity index (χ3v) is 4.24. The van der Waals surface area contributed by atoms with E-state index in [4.69, 9.17) is 4.74 Å². The predicted octanol–water partition coefficient (Wildman–Crippen LogP) is 3.21. The summed E-state index contributed by atoms with van der Waals surface area (Å²) in [5.74, 6) is 1.73. The van der Waals surface area contributed by atoms with Crippen molar-refractivity contribution >= 4 is 5.91 Å². The molecule has 3 nitrogen and oxygen atoms in total. The van der Waals surface area contributed by atoms with Gasteiger partial charge in [-0.2, -0.15) is 0 Å². The third kappa shape index (κ3) is 2.91. The Balaban J connectivity index is 1.62. The van der Waals surface area contributed by atoms with Gasteiger partial charge in [0.15, 0.2) is 0 Å². The molecule has 1 amide bonds. The number of fused-ring (bicyclic) bond motifs is 1. The molecule has 3 heteroatoms. The average molecular weight is 259 g/mol. The molecule has 1 heterocycles. The second-order valence-electron chi connectivity index (χ2n) is 5.65. The molecule has 0 aromatic heterocycles. The maximum absolute atomic E-state index is 12.1. The Hall–Kier alpha value is -1.51. The number of ether oxygens (including phenoxy) is 1. The molecule has 0 radical (unpaired) electrons. The van der Waals surface area contributed by atoms with Crippen LogP contribution in [0.1, 0.15) is 50.1 Å². The highest BCUT2D eigenvalue weighted by Crippen LogP contribution is 2.32. The van der Waals surface area contributed by atoms with E-state index < -0.39 is 0 Å². The lowest BCUT2D eigenvalue weighted by molar-refractivity contribution is -0.122. The molecule has 0 spiro atoms. The molecule has 0 unspecified atom stereocenters. The van der Waals surface area contributed by atoms with Gasteiger partial charge < -0.3 is 10.1 Å². The highest BCUT2D eigenvalue weighted by Gasteiger charge is 2.24.